The number of rotatable bonds is 1. The zero-order valence-corrected chi connectivity index (χ0v) is 6.05. The van der Waals surface area contributed by atoms with Crippen LogP contribution < -0.4 is 0 Å². The van der Waals surface area contributed by atoms with Crippen molar-refractivity contribution in [3.8, 4) is 11.8 Å². The van der Waals surface area contributed by atoms with Crippen LogP contribution in [-0.2, 0) is 0 Å². The summed E-state index contributed by atoms with van der Waals surface area (Å²) in [5.74, 6) is -1.56. The third-order valence-corrected chi connectivity index (χ3v) is 2.03. The topological polar surface area (TPSA) is 81.3 Å². The van der Waals surface area contributed by atoms with E-state index in [0.717, 1.165) is 17.4 Å². The zero-order chi connectivity index (χ0) is 8.43. The zero-order valence-electron chi connectivity index (χ0n) is 5.24. The van der Waals surface area contributed by atoms with Gasteiger partial charge in [-0.25, -0.2) is 4.79 Å². The molecule has 0 fully saturated rings. The molecule has 0 amide bonds. The molecule has 0 aliphatic heterocycles. The molecule has 1 rings (SSSR count). The summed E-state index contributed by atoms with van der Waals surface area (Å²) in [6.45, 7) is 0. The van der Waals surface area contributed by atoms with Gasteiger partial charge in [0.15, 0.2) is 4.88 Å². The van der Waals surface area contributed by atoms with Gasteiger partial charge < -0.3 is 10.2 Å². The van der Waals surface area contributed by atoms with Crippen molar-refractivity contribution in [2.75, 3.05) is 0 Å². The van der Waals surface area contributed by atoms with E-state index < -0.39 is 5.97 Å². The van der Waals surface area contributed by atoms with Gasteiger partial charge in [0.2, 0.25) is 0 Å². The molecule has 0 saturated carbocycles. The smallest absolute Gasteiger partial charge is 0.349 e. The highest BCUT2D eigenvalue weighted by molar-refractivity contribution is 7.14. The minimum Gasteiger partial charge on any atom is -0.506 e. The molecule has 11 heavy (non-hydrogen) atoms. The summed E-state index contributed by atoms with van der Waals surface area (Å²) in [5, 5.41) is 25.6. The molecule has 0 aromatic carbocycles. The highest BCUT2D eigenvalue weighted by atomic mass is 32.1. The molecule has 1 aromatic rings. The molecule has 0 saturated heterocycles. The highest BCUT2D eigenvalue weighted by Crippen LogP contribution is 2.27. The van der Waals surface area contributed by atoms with E-state index in [2.05, 4.69) is 0 Å². The second kappa shape index (κ2) is 2.60. The predicted octanol–water partition coefficient (Wildman–Crippen LogP) is 1.02. The van der Waals surface area contributed by atoms with Gasteiger partial charge in [0.25, 0.3) is 0 Å². The van der Waals surface area contributed by atoms with E-state index in [1.807, 2.05) is 0 Å². The molecule has 4 nitrogen and oxygen atoms in total. The Morgan fingerprint density at radius 3 is 2.64 bits per heavy atom. The molecule has 2 N–H and O–H groups in total. The van der Waals surface area contributed by atoms with E-state index >= 15 is 0 Å². The van der Waals surface area contributed by atoms with Crippen molar-refractivity contribution in [3.63, 3.8) is 0 Å². The first kappa shape index (κ1) is 7.57. The van der Waals surface area contributed by atoms with Crippen molar-refractivity contribution < 1.29 is 15.0 Å². The van der Waals surface area contributed by atoms with Crippen LogP contribution in [0.4, 0.5) is 0 Å². The van der Waals surface area contributed by atoms with Crippen LogP contribution in [0.3, 0.4) is 0 Å². The Bertz CT molecular complexity index is 336. The Balaban J connectivity index is 3.20. The Kier molecular flexibility index (Phi) is 1.79. The molecular weight excluding hydrogens is 166 g/mol. The molecule has 1 heterocycles. The first-order chi connectivity index (χ1) is 5.15. The maximum Gasteiger partial charge on any atom is 0.349 e. The van der Waals surface area contributed by atoms with E-state index in [4.69, 9.17) is 15.5 Å². The van der Waals surface area contributed by atoms with Gasteiger partial charge in [-0.05, 0) is 0 Å². The summed E-state index contributed by atoms with van der Waals surface area (Å²) in [5.41, 5.74) is 0. The van der Waals surface area contributed by atoms with Crippen LogP contribution in [0.2, 0.25) is 0 Å². The molecule has 1 aromatic heterocycles. The van der Waals surface area contributed by atoms with Crippen LogP contribution in [0.5, 0.6) is 5.75 Å². The Hall–Kier alpha value is -1.54. The van der Waals surface area contributed by atoms with E-state index in [0.29, 0.717) is 0 Å². The Morgan fingerprint density at radius 1 is 1.73 bits per heavy atom. The summed E-state index contributed by atoms with van der Waals surface area (Å²) in [4.78, 5) is 10.3. The van der Waals surface area contributed by atoms with E-state index in [-0.39, 0.29) is 15.5 Å². The Morgan fingerprint density at radius 2 is 2.36 bits per heavy atom. The summed E-state index contributed by atoms with van der Waals surface area (Å²) in [6.07, 6.45) is 0. The summed E-state index contributed by atoms with van der Waals surface area (Å²) in [7, 11) is 0. The van der Waals surface area contributed by atoms with Crippen LogP contribution in [0, 0.1) is 11.3 Å². The first-order valence-electron chi connectivity index (χ1n) is 2.61. The van der Waals surface area contributed by atoms with Gasteiger partial charge >= 0.3 is 5.97 Å². The van der Waals surface area contributed by atoms with E-state index in [1.165, 1.54) is 0 Å². The number of thiophene rings is 1. The summed E-state index contributed by atoms with van der Waals surface area (Å²) in [6, 6.07) is 2.87. The molecule has 56 valence electrons. The summed E-state index contributed by atoms with van der Waals surface area (Å²) >= 11 is 0.757. The van der Waals surface area contributed by atoms with Crippen LogP contribution in [0.1, 0.15) is 14.5 Å². The largest absolute Gasteiger partial charge is 0.506 e. The average molecular weight is 169 g/mol. The average Bonchev–Trinajstić information content (AvgIpc) is 2.30. The van der Waals surface area contributed by atoms with Crippen molar-refractivity contribution in [3.05, 3.63) is 15.8 Å². The number of hydrogen-bond donors (Lipinski definition) is 2. The first-order valence-corrected chi connectivity index (χ1v) is 3.43. The number of nitrogens with zero attached hydrogens (tertiary/aromatic N) is 1. The molecule has 0 unspecified atom stereocenters. The number of carboxylic acid groups (broad SMARTS) is 1. The van der Waals surface area contributed by atoms with Crippen LogP contribution in [0.25, 0.3) is 0 Å². The van der Waals surface area contributed by atoms with Gasteiger partial charge in [0.05, 0.1) is 0 Å². The van der Waals surface area contributed by atoms with E-state index in [1.54, 1.807) is 6.07 Å². The van der Waals surface area contributed by atoms with Gasteiger partial charge in [0, 0.05) is 6.07 Å². The van der Waals surface area contributed by atoms with Crippen molar-refractivity contribution >= 4 is 17.3 Å². The lowest BCUT2D eigenvalue weighted by Gasteiger charge is -1.85. The van der Waals surface area contributed by atoms with Crippen molar-refractivity contribution in [1.29, 1.82) is 5.26 Å². The Labute approximate surface area is 65.9 Å². The second-order valence-electron chi connectivity index (χ2n) is 1.74. The molecule has 0 aliphatic rings. The number of carbonyl (C=O) groups is 1. The monoisotopic (exact) mass is 169 g/mol. The molecule has 0 aliphatic carbocycles. The lowest BCUT2D eigenvalue weighted by Crippen LogP contribution is -1.90. The van der Waals surface area contributed by atoms with Gasteiger partial charge in [0.1, 0.15) is 16.7 Å². The van der Waals surface area contributed by atoms with Gasteiger partial charge in [-0.15, -0.1) is 11.3 Å². The van der Waals surface area contributed by atoms with Crippen molar-refractivity contribution in [2.45, 2.75) is 0 Å². The van der Waals surface area contributed by atoms with Gasteiger partial charge in [-0.1, -0.05) is 0 Å². The van der Waals surface area contributed by atoms with Gasteiger partial charge in [-0.3, -0.25) is 0 Å². The van der Waals surface area contributed by atoms with Crippen LogP contribution in [-0.4, -0.2) is 16.2 Å². The minimum atomic E-state index is -1.21. The van der Waals surface area contributed by atoms with Crippen LogP contribution >= 0.6 is 11.3 Å². The minimum absolute atomic E-state index is 0.193. The molecule has 0 atom stereocenters. The van der Waals surface area contributed by atoms with Crippen molar-refractivity contribution in [1.82, 2.24) is 0 Å². The molecular formula is C6H3NO3S. The third kappa shape index (κ3) is 1.30. The standard InChI is InChI=1S/C6H3NO3S/c7-2-3-1-4(8)5(11-3)6(9)10/h1,8H,(H,9,10). The molecule has 0 bridgehead atoms. The second-order valence-corrected chi connectivity index (χ2v) is 2.79. The maximum atomic E-state index is 10.3. The lowest BCUT2D eigenvalue weighted by atomic mass is 10.4. The van der Waals surface area contributed by atoms with Crippen molar-refractivity contribution in [2.24, 2.45) is 0 Å². The fourth-order valence-electron chi connectivity index (χ4n) is 0.590. The highest BCUT2D eigenvalue weighted by Gasteiger charge is 2.13. The maximum absolute atomic E-state index is 10.3. The summed E-state index contributed by atoms with van der Waals surface area (Å²) < 4.78 is 0. The molecule has 0 spiro atoms. The van der Waals surface area contributed by atoms with Crippen LogP contribution in [0.15, 0.2) is 6.07 Å². The van der Waals surface area contributed by atoms with Gasteiger partial charge in [-0.2, -0.15) is 5.26 Å². The number of aromatic carboxylic acids is 1. The van der Waals surface area contributed by atoms with E-state index in [9.17, 15) is 4.79 Å². The fraction of sp³-hybridized carbons (Fsp3) is 0. The third-order valence-electron chi connectivity index (χ3n) is 1.02. The number of carboxylic acids is 1. The number of aromatic hydroxyl groups is 1. The normalized spacial score (nSPS) is 9.00. The fourth-order valence-corrected chi connectivity index (χ4v) is 1.28. The quantitative estimate of drug-likeness (QED) is 0.657. The number of hydrogen-bond acceptors (Lipinski definition) is 4. The SMILES string of the molecule is N#Cc1cc(O)c(C(=O)O)s1. The molecule has 5 heteroatoms. The number of nitriles is 1. The molecule has 0 radical (unpaired) electrons. The predicted molar refractivity (Wildman–Crippen MR) is 37.7 cm³/mol. The lowest BCUT2D eigenvalue weighted by molar-refractivity contribution is 0.0699.